The van der Waals surface area contributed by atoms with Gasteiger partial charge in [-0.1, -0.05) is 30.3 Å². The van der Waals surface area contributed by atoms with E-state index >= 15 is 0 Å². The van der Waals surface area contributed by atoms with Crippen LogP contribution in [-0.2, 0) is 6.54 Å². The summed E-state index contributed by atoms with van der Waals surface area (Å²) in [4.78, 5) is 12.7. The van der Waals surface area contributed by atoms with Crippen LogP contribution in [0.2, 0.25) is 0 Å². The summed E-state index contributed by atoms with van der Waals surface area (Å²) in [5, 5.41) is 6.75. The second-order valence-corrected chi connectivity index (χ2v) is 5.69. The van der Waals surface area contributed by atoms with E-state index in [1.54, 1.807) is 25.8 Å². The zero-order chi connectivity index (χ0) is 17.5. The van der Waals surface area contributed by atoms with Gasteiger partial charge in [0.1, 0.15) is 12.1 Å². The van der Waals surface area contributed by atoms with Gasteiger partial charge in [0.25, 0.3) is 0 Å². The molecule has 1 atom stereocenters. The zero-order valence-electron chi connectivity index (χ0n) is 14.8. The van der Waals surface area contributed by atoms with Crippen molar-refractivity contribution in [3.8, 4) is 5.82 Å². The van der Waals surface area contributed by atoms with Crippen LogP contribution in [0, 0.1) is 0 Å². The molecule has 0 saturated heterocycles. The van der Waals surface area contributed by atoms with Crippen molar-refractivity contribution in [1.82, 2.24) is 25.2 Å². The number of nitrogens with zero attached hydrogens (tertiary/aromatic N) is 4. The molecule has 0 aliphatic heterocycles. The lowest BCUT2D eigenvalue weighted by Gasteiger charge is -2.18. The molecule has 0 bridgehead atoms. The van der Waals surface area contributed by atoms with Crippen molar-refractivity contribution in [3.05, 3.63) is 78.5 Å². The number of hydrogen-bond donors (Lipinski definition) is 2. The van der Waals surface area contributed by atoms with Crippen molar-refractivity contribution in [2.45, 2.75) is 19.5 Å². The highest BCUT2D eigenvalue weighted by molar-refractivity contribution is 14.0. The summed E-state index contributed by atoms with van der Waals surface area (Å²) in [7, 11) is 1.77. The lowest BCUT2D eigenvalue weighted by Crippen LogP contribution is -2.38. The number of imidazole rings is 1. The van der Waals surface area contributed by atoms with E-state index in [9.17, 15) is 0 Å². The minimum Gasteiger partial charge on any atom is -0.352 e. The van der Waals surface area contributed by atoms with E-state index < -0.39 is 0 Å². The first kappa shape index (κ1) is 19.9. The Morgan fingerprint density at radius 1 is 1.19 bits per heavy atom. The quantitative estimate of drug-likeness (QED) is 0.347. The molecule has 7 heteroatoms. The molecule has 0 saturated carbocycles. The van der Waals surface area contributed by atoms with E-state index in [0.717, 1.165) is 17.3 Å². The highest BCUT2D eigenvalue weighted by atomic mass is 127. The molecule has 2 heterocycles. The fraction of sp³-hybridized carbons (Fsp3) is 0.211. The van der Waals surface area contributed by atoms with Crippen LogP contribution in [0.25, 0.3) is 5.82 Å². The number of aliphatic imine (C=N–C) groups is 1. The van der Waals surface area contributed by atoms with Crippen LogP contribution < -0.4 is 10.6 Å². The third-order valence-electron chi connectivity index (χ3n) is 3.92. The van der Waals surface area contributed by atoms with E-state index in [0.29, 0.717) is 6.54 Å². The van der Waals surface area contributed by atoms with Gasteiger partial charge in [-0.15, -0.1) is 24.0 Å². The number of guanidine groups is 1. The van der Waals surface area contributed by atoms with Crippen LogP contribution in [0.1, 0.15) is 24.1 Å². The Kier molecular flexibility index (Phi) is 7.58. The number of rotatable bonds is 5. The van der Waals surface area contributed by atoms with Crippen molar-refractivity contribution < 1.29 is 0 Å². The van der Waals surface area contributed by atoms with Gasteiger partial charge in [-0.3, -0.25) is 9.56 Å². The Balaban J connectivity index is 0.00000243. The highest BCUT2D eigenvalue weighted by Gasteiger charge is 2.07. The molecular formula is C19H23IN6. The summed E-state index contributed by atoms with van der Waals surface area (Å²) >= 11 is 0. The summed E-state index contributed by atoms with van der Waals surface area (Å²) in [5.41, 5.74) is 2.34. The molecule has 2 aromatic heterocycles. The zero-order valence-corrected chi connectivity index (χ0v) is 17.2. The van der Waals surface area contributed by atoms with Gasteiger partial charge in [-0.2, -0.15) is 0 Å². The average molecular weight is 462 g/mol. The van der Waals surface area contributed by atoms with Gasteiger partial charge in [0.15, 0.2) is 5.96 Å². The van der Waals surface area contributed by atoms with Crippen LogP contribution in [0.5, 0.6) is 0 Å². The molecule has 0 amide bonds. The molecule has 0 spiro atoms. The summed E-state index contributed by atoms with van der Waals surface area (Å²) < 4.78 is 1.88. The van der Waals surface area contributed by atoms with Gasteiger partial charge in [-0.25, -0.2) is 9.97 Å². The van der Waals surface area contributed by atoms with E-state index in [2.05, 4.69) is 44.7 Å². The number of hydrogen-bond acceptors (Lipinski definition) is 3. The molecule has 1 aromatic carbocycles. The molecule has 1 unspecified atom stereocenters. The Labute approximate surface area is 170 Å². The topological polar surface area (TPSA) is 67.1 Å². The molecule has 3 rings (SSSR count). The van der Waals surface area contributed by atoms with Crippen LogP contribution in [0.3, 0.4) is 0 Å². The van der Waals surface area contributed by atoms with Crippen molar-refractivity contribution >= 4 is 29.9 Å². The molecule has 0 aliphatic rings. The smallest absolute Gasteiger partial charge is 0.191 e. The van der Waals surface area contributed by atoms with Gasteiger partial charge in [0, 0.05) is 32.2 Å². The van der Waals surface area contributed by atoms with E-state index in [1.165, 1.54) is 5.56 Å². The monoisotopic (exact) mass is 462 g/mol. The molecule has 0 radical (unpaired) electrons. The third-order valence-corrected chi connectivity index (χ3v) is 3.92. The minimum absolute atomic E-state index is 0. The lowest BCUT2D eigenvalue weighted by molar-refractivity contribution is 0.685. The largest absolute Gasteiger partial charge is 0.352 e. The predicted molar refractivity (Wildman–Crippen MR) is 115 cm³/mol. The number of nitrogens with one attached hydrogen (secondary N) is 2. The number of benzene rings is 1. The molecule has 26 heavy (non-hydrogen) atoms. The second-order valence-electron chi connectivity index (χ2n) is 5.69. The lowest BCUT2D eigenvalue weighted by atomic mass is 10.1. The third kappa shape index (κ3) is 5.29. The SMILES string of the molecule is CN=C(NCc1ccnc(-n2ccnc2)c1)NC(C)c1ccccc1.I. The van der Waals surface area contributed by atoms with Crippen LogP contribution in [0.15, 0.2) is 72.4 Å². The van der Waals surface area contributed by atoms with Crippen LogP contribution in [-0.4, -0.2) is 27.5 Å². The van der Waals surface area contributed by atoms with Gasteiger partial charge < -0.3 is 10.6 Å². The Bertz CT molecular complexity index is 817. The van der Waals surface area contributed by atoms with Gasteiger partial charge in [-0.05, 0) is 30.2 Å². The van der Waals surface area contributed by atoms with Gasteiger partial charge >= 0.3 is 0 Å². The standard InChI is InChI=1S/C19H22N6.HI/c1-15(17-6-4-3-5-7-17)24-19(20-2)23-13-16-8-9-22-18(12-16)25-11-10-21-14-25;/h3-12,14-15H,13H2,1-2H3,(H2,20,23,24);1H. The maximum absolute atomic E-state index is 4.37. The Morgan fingerprint density at radius 3 is 2.69 bits per heavy atom. The second kappa shape index (κ2) is 9.91. The van der Waals surface area contributed by atoms with Gasteiger partial charge in [0.05, 0.1) is 6.04 Å². The van der Waals surface area contributed by atoms with Crippen molar-refractivity contribution in [2.24, 2.45) is 4.99 Å². The predicted octanol–water partition coefficient (Wildman–Crippen LogP) is 3.31. The van der Waals surface area contributed by atoms with Crippen molar-refractivity contribution in [1.29, 1.82) is 0 Å². The maximum Gasteiger partial charge on any atom is 0.191 e. The summed E-state index contributed by atoms with van der Waals surface area (Å²) in [6, 6.07) is 14.5. The normalized spacial score (nSPS) is 12.2. The summed E-state index contributed by atoms with van der Waals surface area (Å²) in [6.45, 7) is 2.77. The summed E-state index contributed by atoms with van der Waals surface area (Å²) in [6.07, 6.45) is 7.15. The molecule has 2 N–H and O–H groups in total. The molecule has 3 aromatic rings. The highest BCUT2D eigenvalue weighted by Crippen LogP contribution is 2.11. The molecular weight excluding hydrogens is 439 g/mol. The molecule has 136 valence electrons. The van der Waals surface area contributed by atoms with Crippen molar-refractivity contribution in [2.75, 3.05) is 7.05 Å². The minimum atomic E-state index is 0. The number of halogens is 1. The number of pyridine rings is 1. The van der Waals surface area contributed by atoms with Gasteiger partial charge in [0.2, 0.25) is 0 Å². The van der Waals surface area contributed by atoms with Crippen LogP contribution in [0.4, 0.5) is 0 Å². The first-order valence-corrected chi connectivity index (χ1v) is 8.21. The summed E-state index contributed by atoms with van der Waals surface area (Å²) in [5.74, 6) is 1.61. The molecule has 6 nitrogen and oxygen atoms in total. The average Bonchev–Trinajstić information content (AvgIpc) is 3.21. The van der Waals surface area contributed by atoms with Crippen LogP contribution >= 0.6 is 24.0 Å². The molecule has 0 aliphatic carbocycles. The van der Waals surface area contributed by atoms with E-state index in [4.69, 9.17) is 0 Å². The number of aromatic nitrogens is 3. The fourth-order valence-corrected chi connectivity index (χ4v) is 2.52. The first-order chi connectivity index (χ1) is 12.3. The van der Waals surface area contributed by atoms with E-state index in [-0.39, 0.29) is 30.0 Å². The van der Waals surface area contributed by atoms with E-state index in [1.807, 2.05) is 41.1 Å². The first-order valence-electron chi connectivity index (χ1n) is 8.21. The molecule has 0 fully saturated rings. The van der Waals surface area contributed by atoms with Crippen molar-refractivity contribution in [3.63, 3.8) is 0 Å². The maximum atomic E-state index is 4.37. The Morgan fingerprint density at radius 2 is 2.00 bits per heavy atom. The Hall–Kier alpha value is -2.42. The fourth-order valence-electron chi connectivity index (χ4n) is 2.52.